The summed E-state index contributed by atoms with van der Waals surface area (Å²) < 4.78 is 45.0. The molecular formula is C13H17F3N4O2. The van der Waals surface area contributed by atoms with E-state index in [1.54, 1.807) is 0 Å². The fourth-order valence-electron chi connectivity index (χ4n) is 1.95. The van der Waals surface area contributed by atoms with Gasteiger partial charge in [-0.1, -0.05) is 19.0 Å². The molecule has 2 rings (SSSR count). The van der Waals surface area contributed by atoms with Crippen molar-refractivity contribution in [2.45, 2.75) is 45.3 Å². The summed E-state index contributed by atoms with van der Waals surface area (Å²) in [6.45, 7) is 3.57. The van der Waals surface area contributed by atoms with E-state index in [-0.39, 0.29) is 43.3 Å². The molecule has 22 heavy (non-hydrogen) atoms. The molecule has 122 valence electrons. The quantitative estimate of drug-likeness (QED) is 0.885. The largest absolute Gasteiger partial charge is 0.435 e. The lowest BCUT2D eigenvalue weighted by atomic mass is 10.1. The van der Waals surface area contributed by atoms with E-state index >= 15 is 0 Å². The Balaban J connectivity index is 2.21. The number of nitrogens with zero attached hydrogens (tertiary/aromatic N) is 4. The fraction of sp³-hybridized carbons (Fsp3) is 0.615. The van der Waals surface area contributed by atoms with Gasteiger partial charge in [0.25, 0.3) is 0 Å². The number of aliphatic hydroxyl groups excluding tert-OH is 1. The van der Waals surface area contributed by atoms with E-state index in [1.807, 2.05) is 13.8 Å². The third-order valence-corrected chi connectivity index (χ3v) is 2.99. The van der Waals surface area contributed by atoms with Crippen LogP contribution in [0.25, 0.3) is 0 Å². The van der Waals surface area contributed by atoms with Crippen LogP contribution in [0.1, 0.15) is 49.2 Å². The van der Waals surface area contributed by atoms with Gasteiger partial charge < -0.3 is 9.63 Å². The molecule has 0 aliphatic rings. The fourth-order valence-corrected chi connectivity index (χ4v) is 1.95. The highest BCUT2D eigenvalue weighted by Gasteiger charge is 2.37. The van der Waals surface area contributed by atoms with Gasteiger partial charge in [0.2, 0.25) is 5.89 Å². The number of aryl methyl sites for hydroxylation is 1. The molecule has 0 aliphatic carbocycles. The van der Waals surface area contributed by atoms with E-state index in [2.05, 4.69) is 15.2 Å². The maximum absolute atomic E-state index is 12.9. The van der Waals surface area contributed by atoms with E-state index < -0.39 is 11.9 Å². The number of halogens is 3. The van der Waals surface area contributed by atoms with Crippen molar-refractivity contribution >= 4 is 0 Å². The molecule has 0 atom stereocenters. The summed E-state index contributed by atoms with van der Waals surface area (Å²) in [6, 6.07) is 0. The second-order valence-corrected chi connectivity index (χ2v) is 5.23. The Hall–Kier alpha value is -1.90. The molecule has 9 heteroatoms. The Morgan fingerprint density at radius 2 is 2.09 bits per heavy atom. The van der Waals surface area contributed by atoms with Gasteiger partial charge in [-0.15, -0.1) is 0 Å². The molecule has 0 fully saturated rings. The number of rotatable bonds is 6. The topological polar surface area (TPSA) is 77.0 Å². The van der Waals surface area contributed by atoms with E-state index in [4.69, 9.17) is 9.63 Å². The normalized spacial score (nSPS) is 12.3. The van der Waals surface area contributed by atoms with Crippen molar-refractivity contribution in [1.29, 1.82) is 0 Å². The number of aromatic nitrogens is 4. The Labute approximate surface area is 124 Å². The lowest BCUT2D eigenvalue weighted by Gasteiger charge is -2.04. The van der Waals surface area contributed by atoms with E-state index in [0.29, 0.717) is 5.89 Å². The van der Waals surface area contributed by atoms with Gasteiger partial charge in [0, 0.05) is 24.3 Å². The van der Waals surface area contributed by atoms with Crippen molar-refractivity contribution < 1.29 is 22.8 Å². The van der Waals surface area contributed by atoms with Gasteiger partial charge in [0.05, 0.1) is 0 Å². The van der Waals surface area contributed by atoms with E-state index in [1.165, 1.54) is 6.20 Å². The molecule has 6 nitrogen and oxygen atoms in total. The van der Waals surface area contributed by atoms with Gasteiger partial charge in [-0.2, -0.15) is 23.3 Å². The minimum absolute atomic E-state index is 0.00156. The van der Waals surface area contributed by atoms with Crippen LogP contribution in [0.15, 0.2) is 10.7 Å². The lowest BCUT2D eigenvalue weighted by Crippen LogP contribution is -2.11. The van der Waals surface area contributed by atoms with Crippen LogP contribution in [-0.2, 0) is 19.1 Å². The Bertz CT molecular complexity index is 619. The standard InChI is InChI=1S/C13H17F3N4O2/c1-8(2)12-17-10(19-22-12)7-20-6-9(4-3-5-21)11(18-20)13(14,15)16/h6,8,21H,3-5,7H2,1-2H3. The molecular weight excluding hydrogens is 301 g/mol. The zero-order valence-corrected chi connectivity index (χ0v) is 12.3. The third-order valence-electron chi connectivity index (χ3n) is 2.99. The molecule has 0 aromatic carbocycles. The van der Waals surface area contributed by atoms with Gasteiger partial charge in [-0.25, -0.2) is 0 Å². The van der Waals surface area contributed by atoms with Crippen LogP contribution >= 0.6 is 0 Å². The molecule has 0 unspecified atom stereocenters. The van der Waals surface area contributed by atoms with Crippen molar-refractivity contribution in [3.63, 3.8) is 0 Å². The first kappa shape index (κ1) is 16.5. The molecule has 2 aromatic rings. The molecule has 0 saturated carbocycles. The molecule has 0 saturated heterocycles. The van der Waals surface area contributed by atoms with Gasteiger partial charge in [0.1, 0.15) is 6.54 Å². The summed E-state index contributed by atoms with van der Waals surface area (Å²) in [4.78, 5) is 4.11. The summed E-state index contributed by atoms with van der Waals surface area (Å²) in [5, 5.41) is 16.1. The van der Waals surface area contributed by atoms with Crippen LogP contribution in [-0.4, -0.2) is 31.6 Å². The number of alkyl halides is 3. The first-order valence-corrected chi connectivity index (χ1v) is 6.88. The SMILES string of the molecule is CC(C)c1nc(Cn2cc(CCCO)c(C(F)(F)F)n2)no1. The maximum Gasteiger partial charge on any atom is 0.435 e. The number of hydrogen-bond acceptors (Lipinski definition) is 5. The van der Waals surface area contributed by atoms with Crippen LogP contribution in [0.5, 0.6) is 0 Å². The zero-order chi connectivity index (χ0) is 16.3. The van der Waals surface area contributed by atoms with Crippen LogP contribution in [0.3, 0.4) is 0 Å². The van der Waals surface area contributed by atoms with Crippen molar-refractivity contribution in [3.05, 3.63) is 29.2 Å². The average Bonchev–Trinajstić information content (AvgIpc) is 3.03. The number of hydrogen-bond donors (Lipinski definition) is 1. The summed E-state index contributed by atoms with van der Waals surface area (Å²) in [7, 11) is 0. The van der Waals surface area contributed by atoms with Crippen molar-refractivity contribution in [2.24, 2.45) is 0 Å². The van der Waals surface area contributed by atoms with E-state index in [9.17, 15) is 13.2 Å². The predicted octanol–water partition coefficient (Wildman–Crippen LogP) is 2.38. The summed E-state index contributed by atoms with van der Waals surface area (Å²) in [5.41, 5.74) is -0.886. The summed E-state index contributed by atoms with van der Waals surface area (Å²) in [6.07, 6.45) is -2.87. The smallest absolute Gasteiger partial charge is 0.396 e. The molecule has 0 amide bonds. The molecule has 1 N–H and O–H groups in total. The van der Waals surface area contributed by atoms with Crippen LogP contribution in [0.2, 0.25) is 0 Å². The highest BCUT2D eigenvalue weighted by Crippen LogP contribution is 2.31. The van der Waals surface area contributed by atoms with Crippen molar-refractivity contribution in [2.75, 3.05) is 6.61 Å². The highest BCUT2D eigenvalue weighted by molar-refractivity contribution is 5.20. The maximum atomic E-state index is 12.9. The van der Waals surface area contributed by atoms with Gasteiger partial charge in [0.15, 0.2) is 11.5 Å². The average molecular weight is 318 g/mol. The molecule has 0 aliphatic heterocycles. The van der Waals surface area contributed by atoms with Gasteiger partial charge in [-0.05, 0) is 12.8 Å². The first-order chi connectivity index (χ1) is 10.3. The van der Waals surface area contributed by atoms with Gasteiger partial charge in [-0.3, -0.25) is 4.68 Å². The number of aliphatic hydroxyl groups is 1. The minimum Gasteiger partial charge on any atom is -0.396 e. The predicted molar refractivity (Wildman–Crippen MR) is 70.1 cm³/mol. The van der Waals surface area contributed by atoms with Crippen LogP contribution in [0, 0.1) is 0 Å². The second-order valence-electron chi connectivity index (χ2n) is 5.23. The summed E-state index contributed by atoms with van der Waals surface area (Å²) >= 11 is 0. The van der Waals surface area contributed by atoms with Gasteiger partial charge >= 0.3 is 6.18 Å². The van der Waals surface area contributed by atoms with Crippen molar-refractivity contribution in [1.82, 2.24) is 19.9 Å². The Morgan fingerprint density at radius 3 is 2.64 bits per heavy atom. The molecule has 2 heterocycles. The molecule has 0 bridgehead atoms. The van der Waals surface area contributed by atoms with Crippen molar-refractivity contribution in [3.8, 4) is 0 Å². The lowest BCUT2D eigenvalue weighted by molar-refractivity contribution is -0.142. The molecule has 0 spiro atoms. The zero-order valence-electron chi connectivity index (χ0n) is 12.3. The molecule has 2 aromatic heterocycles. The van der Waals surface area contributed by atoms with Crippen LogP contribution < -0.4 is 0 Å². The Morgan fingerprint density at radius 1 is 1.36 bits per heavy atom. The monoisotopic (exact) mass is 318 g/mol. The first-order valence-electron chi connectivity index (χ1n) is 6.88. The Kier molecular flexibility index (Phi) is 4.84. The highest BCUT2D eigenvalue weighted by atomic mass is 19.4. The van der Waals surface area contributed by atoms with Crippen LogP contribution in [0.4, 0.5) is 13.2 Å². The summed E-state index contributed by atoms with van der Waals surface area (Å²) in [5.74, 6) is 0.747. The van der Waals surface area contributed by atoms with E-state index in [0.717, 1.165) is 4.68 Å². The second kappa shape index (κ2) is 6.47. The molecule has 0 radical (unpaired) electrons. The third kappa shape index (κ3) is 3.85. The minimum atomic E-state index is -4.53.